The van der Waals surface area contributed by atoms with E-state index in [0.717, 1.165) is 36.1 Å². The van der Waals surface area contributed by atoms with Gasteiger partial charge in [0.25, 0.3) is 5.56 Å². The van der Waals surface area contributed by atoms with Crippen molar-refractivity contribution in [3.8, 4) is 11.5 Å². The molecule has 1 aromatic carbocycles. The van der Waals surface area contributed by atoms with E-state index < -0.39 is 6.61 Å². The minimum Gasteiger partial charge on any atom is -0.493 e. The molecule has 0 unspecified atom stereocenters. The first-order chi connectivity index (χ1) is 15.9. The standard InChI is InChI=1S/C23H25F2N3O4S/c1-27(12-14-7-8-16(31-2)17(11-14)32-23(24)25)19(29)9-10-28-13-26-21-20(22(28)30)15-5-3-4-6-18(15)33-21/h7-8,11,13,23H,3-6,9-10,12H2,1-2H3. The number of fused-ring (bicyclic) bond motifs is 3. The van der Waals surface area contributed by atoms with Crippen LogP contribution in [-0.2, 0) is 30.7 Å². The summed E-state index contributed by atoms with van der Waals surface area (Å²) in [5.41, 5.74) is 1.64. The van der Waals surface area contributed by atoms with Gasteiger partial charge in [-0.2, -0.15) is 8.78 Å². The zero-order valence-electron chi connectivity index (χ0n) is 18.5. The summed E-state index contributed by atoms with van der Waals surface area (Å²) in [6.45, 7) is -2.56. The summed E-state index contributed by atoms with van der Waals surface area (Å²) >= 11 is 1.59. The van der Waals surface area contributed by atoms with Gasteiger partial charge in [-0.25, -0.2) is 4.98 Å². The van der Waals surface area contributed by atoms with E-state index in [9.17, 15) is 18.4 Å². The number of hydrogen-bond donors (Lipinski definition) is 0. The highest BCUT2D eigenvalue weighted by Crippen LogP contribution is 2.33. The second kappa shape index (κ2) is 9.86. The van der Waals surface area contributed by atoms with E-state index in [2.05, 4.69) is 9.72 Å². The van der Waals surface area contributed by atoms with Crippen LogP contribution in [0.1, 0.15) is 35.3 Å². The van der Waals surface area contributed by atoms with Gasteiger partial charge in [-0.1, -0.05) is 6.07 Å². The summed E-state index contributed by atoms with van der Waals surface area (Å²) in [5, 5.41) is 0.697. The number of benzene rings is 1. The van der Waals surface area contributed by atoms with Gasteiger partial charge in [0.2, 0.25) is 5.91 Å². The molecule has 0 radical (unpaired) electrons. The van der Waals surface area contributed by atoms with E-state index in [1.165, 1.54) is 39.9 Å². The molecule has 1 amide bonds. The highest BCUT2D eigenvalue weighted by Gasteiger charge is 2.20. The Morgan fingerprint density at radius 1 is 1.27 bits per heavy atom. The van der Waals surface area contributed by atoms with Crippen molar-refractivity contribution in [2.45, 2.75) is 51.8 Å². The number of halogens is 2. The summed E-state index contributed by atoms with van der Waals surface area (Å²) < 4.78 is 36.3. The number of aryl methyl sites for hydroxylation is 3. The van der Waals surface area contributed by atoms with Gasteiger partial charge in [0, 0.05) is 31.4 Å². The van der Waals surface area contributed by atoms with E-state index in [-0.39, 0.29) is 42.5 Å². The highest BCUT2D eigenvalue weighted by atomic mass is 32.1. The molecule has 2 aromatic heterocycles. The monoisotopic (exact) mass is 477 g/mol. The van der Waals surface area contributed by atoms with Crippen LogP contribution in [0.2, 0.25) is 0 Å². The van der Waals surface area contributed by atoms with E-state index in [1.54, 1.807) is 24.5 Å². The van der Waals surface area contributed by atoms with Gasteiger partial charge in [0.1, 0.15) is 4.83 Å². The number of carbonyl (C=O) groups excluding carboxylic acids is 1. The van der Waals surface area contributed by atoms with Crippen LogP contribution in [0.15, 0.2) is 29.3 Å². The number of ether oxygens (including phenoxy) is 2. The van der Waals surface area contributed by atoms with Crippen LogP contribution < -0.4 is 15.0 Å². The van der Waals surface area contributed by atoms with Crippen LogP contribution in [0, 0.1) is 0 Å². The molecule has 10 heteroatoms. The average molecular weight is 478 g/mol. The van der Waals surface area contributed by atoms with Crippen LogP contribution in [0.5, 0.6) is 11.5 Å². The molecule has 0 saturated carbocycles. The Bertz CT molecular complexity index is 1220. The summed E-state index contributed by atoms with van der Waals surface area (Å²) in [6, 6.07) is 4.63. The maximum atomic E-state index is 13.0. The molecule has 0 atom stereocenters. The molecule has 2 heterocycles. The number of rotatable bonds is 8. The Kier molecular flexibility index (Phi) is 6.92. The van der Waals surface area contributed by atoms with Gasteiger partial charge in [-0.3, -0.25) is 14.2 Å². The number of aromatic nitrogens is 2. The minimum absolute atomic E-state index is 0.0872. The maximum Gasteiger partial charge on any atom is 0.387 e. The number of nitrogens with zero attached hydrogens (tertiary/aromatic N) is 3. The van der Waals surface area contributed by atoms with Crippen LogP contribution in [0.4, 0.5) is 8.78 Å². The largest absolute Gasteiger partial charge is 0.493 e. The lowest BCUT2D eigenvalue weighted by molar-refractivity contribution is -0.130. The number of methoxy groups -OCH3 is 1. The Morgan fingerprint density at radius 3 is 2.82 bits per heavy atom. The summed E-state index contributed by atoms with van der Waals surface area (Å²) in [7, 11) is 2.99. The number of hydrogen-bond acceptors (Lipinski definition) is 6. The predicted octanol–water partition coefficient (Wildman–Crippen LogP) is 4.00. The number of alkyl halides is 2. The van der Waals surface area contributed by atoms with Gasteiger partial charge >= 0.3 is 6.61 Å². The van der Waals surface area contributed by atoms with Gasteiger partial charge in [-0.05, 0) is 48.9 Å². The fourth-order valence-corrected chi connectivity index (χ4v) is 5.34. The third kappa shape index (κ3) is 5.00. The zero-order valence-corrected chi connectivity index (χ0v) is 19.3. The van der Waals surface area contributed by atoms with Crippen LogP contribution >= 0.6 is 11.3 Å². The molecule has 4 rings (SSSR count). The van der Waals surface area contributed by atoms with Crippen molar-refractivity contribution in [1.29, 1.82) is 0 Å². The molecule has 0 spiro atoms. The lowest BCUT2D eigenvalue weighted by atomic mass is 9.97. The van der Waals surface area contributed by atoms with Crippen LogP contribution in [0.25, 0.3) is 10.2 Å². The predicted molar refractivity (Wildman–Crippen MR) is 121 cm³/mol. The molecule has 7 nitrogen and oxygen atoms in total. The Balaban J connectivity index is 1.43. The van der Waals surface area contributed by atoms with Crippen molar-refractivity contribution in [1.82, 2.24) is 14.5 Å². The Labute approximate surface area is 193 Å². The first kappa shape index (κ1) is 23.2. The van der Waals surface area contributed by atoms with Gasteiger partial charge < -0.3 is 14.4 Å². The molecule has 33 heavy (non-hydrogen) atoms. The van der Waals surface area contributed by atoms with Crippen molar-refractivity contribution >= 4 is 27.5 Å². The van der Waals surface area contributed by atoms with Crippen molar-refractivity contribution in [3.63, 3.8) is 0 Å². The Morgan fingerprint density at radius 2 is 2.06 bits per heavy atom. The molecule has 1 aliphatic carbocycles. The third-order valence-electron chi connectivity index (χ3n) is 5.80. The lowest BCUT2D eigenvalue weighted by Crippen LogP contribution is -2.29. The summed E-state index contributed by atoms with van der Waals surface area (Å²) in [4.78, 5) is 33.7. The van der Waals surface area contributed by atoms with Crippen molar-refractivity contribution in [2.24, 2.45) is 0 Å². The van der Waals surface area contributed by atoms with Crippen molar-refractivity contribution in [3.05, 3.63) is 50.9 Å². The topological polar surface area (TPSA) is 73.7 Å². The first-order valence-electron chi connectivity index (χ1n) is 10.7. The van der Waals surface area contributed by atoms with Gasteiger partial charge in [0.15, 0.2) is 11.5 Å². The van der Waals surface area contributed by atoms with Gasteiger partial charge in [-0.15, -0.1) is 11.3 Å². The fourth-order valence-electron chi connectivity index (χ4n) is 4.12. The third-order valence-corrected chi connectivity index (χ3v) is 7.00. The number of thiophene rings is 1. The average Bonchev–Trinajstić information content (AvgIpc) is 3.17. The fraction of sp³-hybridized carbons (Fsp3) is 0.435. The molecule has 0 saturated heterocycles. The minimum atomic E-state index is -2.98. The number of carbonyl (C=O) groups is 1. The van der Waals surface area contributed by atoms with Crippen LogP contribution in [-0.4, -0.2) is 41.1 Å². The highest BCUT2D eigenvalue weighted by molar-refractivity contribution is 7.18. The molecular formula is C23H25F2N3O4S. The molecule has 0 bridgehead atoms. The van der Waals surface area contributed by atoms with Crippen molar-refractivity contribution in [2.75, 3.05) is 14.2 Å². The maximum absolute atomic E-state index is 13.0. The van der Waals surface area contributed by atoms with E-state index in [4.69, 9.17) is 4.74 Å². The smallest absolute Gasteiger partial charge is 0.387 e. The second-order valence-electron chi connectivity index (χ2n) is 8.00. The summed E-state index contributed by atoms with van der Waals surface area (Å²) in [5.74, 6) is -0.0803. The number of amides is 1. The molecule has 0 fully saturated rings. The normalized spacial score (nSPS) is 13.2. The van der Waals surface area contributed by atoms with E-state index >= 15 is 0 Å². The molecule has 0 N–H and O–H groups in total. The van der Waals surface area contributed by atoms with Crippen LogP contribution in [0.3, 0.4) is 0 Å². The quantitative estimate of drug-likeness (QED) is 0.491. The van der Waals surface area contributed by atoms with Crippen molar-refractivity contribution < 1.29 is 23.0 Å². The molecular weight excluding hydrogens is 452 g/mol. The van der Waals surface area contributed by atoms with E-state index in [1.807, 2.05) is 0 Å². The lowest BCUT2D eigenvalue weighted by Gasteiger charge is -2.19. The first-order valence-corrected chi connectivity index (χ1v) is 11.5. The molecule has 176 valence electrons. The Hall–Kier alpha value is -3.01. The molecule has 0 aliphatic heterocycles. The SMILES string of the molecule is COc1ccc(CN(C)C(=O)CCn2cnc3sc4c(c3c2=O)CCCC4)cc1OC(F)F. The molecule has 3 aromatic rings. The summed E-state index contributed by atoms with van der Waals surface area (Å²) in [6.07, 6.45) is 5.74. The molecule has 1 aliphatic rings. The van der Waals surface area contributed by atoms with E-state index in [0.29, 0.717) is 10.9 Å². The van der Waals surface area contributed by atoms with Gasteiger partial charge in [0.05, 0.1) is 18.8 Å². The zero-order chi connectivity index (χ0) is 23.5. The second-order valence-corrected chi connectivity index (χ2v) is 9.08.